The Bertz CT molecular complexity index is 422. The summed E-state index contributed by atoms with van der Waals surface area (Å²) >= 11 is 1.64. The summed E-state index contributed by atoms with van der Waals surface area (Å²) in [5.41, 5.74) is 0.992. The van der Waals surface area contributed by atoms with Crippen molar-refractivity contribution in [2.24, 2.45) is 0 Å². The van der Waals surface area contributed by atoms with Gasteiger partial charge in [0, 0.05) is 6.20 Å². The van der Waals surface area contributed by atoms with Crippen molar-refractivity contribution in [1.82, 2.24) is 4.98 Å². The molecule has 0 N–H and O–H groups in total. The fourth-order valence-corrected chi connectivity index (χ4v) is 1.93. The van der Waals surface area contributed by atoms with E-state index in [1.807, 2.05) is 17.5 Å². The Labute approximate surface area is 80.5 Å². The van der Waals surface area contributed by atoms with Gasteiger partial charge >= 0.3 is 0 Å². The molecule has 0 aliphatic carbocycles. The van der Waals surface area contributed by atoms with Crippen LogP contribution in [0.25, 0.3) is 10.2 Å². The van der Waals surface area contributed by atoms with Crippen LogP contribution in [0.2, 0.25) is 0 Å². The summed E-state index contributed by atoms with van der Waals surface area (Å²) in [4.78, 5) is 4.21. The minimum Gasteiger partial charge on any atom is -0.488 e. The smallest absolute Gasteiger partial charge is 0.140 e. The zero-order valence-corrected chi connectivity index (χ0v) is 7.88. The first kappa shape index (κ1) is 8.26. The molecule has 13 heavy (non-hydrogen) atoms. The van der Waals surface area contributed by atoms with E-state index in [4.69, 9.17) is 4.74 Å². The predicted octanol–water partition coefficient (Wildman–Crippen LogP) is 2.86. The van der Waals surface area contributed by atoms with Crippen LogP contribution in [-0.2, 0) is 0 Å². The highest BCUT2D eigenvalue weighted by Crippen LogP contribution is 2.28. The molecule has 0 amide bonds. The van der Waals surface area contributed by atoms with Crippen LogP contribution in [0, 0.1) is 0 Å². The van der Waals surface area contributed by atoms with E-state index in [1.54, 1.807) is 23.6 Å². The van der Waals surface area contributed by atoms with Crippen LogP contribution in [-0.4, -0.2) is 11.6 Å². The molecule has 0 saturated carbocycles. The highest BCUT2D eigenvalue weighted by Gasteiger charge is 2.02. The second-order valence-corrected chi connectivity index (χ2v) is 3.46. The fourth-order valence-electron chi connectivity index (χ4n) is 1.11. The van der Waals surface area contributed by atoms with Crippen LogP contribution < -0.4 is 4.74 Å². The summed E-state index contributed by atoms with van der Waals surface area (Å²) in [6.45, 7) is 4.14. The molecule has 2 nitrogen and oxygen atoms in total. The fraction of sp³-hybridized carbons (Fsp3) is 0.100. The van der Waals surface area contributed by atoms with Crippen LogP contribution in [0.1, 0.15) is 0 Å². The average Bonchev–Trinajstić information content (AvgIpc) is 2.62. The SMILES string of the molecule is C=CCOc1ccnc2ccsc12. The number of nitrogens with zero attached hydrogens (tertiary/aromatic N) is 1. The first-order chi connectivity index (χ1) is 6.42. The summed E-state index contributed by atoms with van der Waals surface area (Å²) in [6.07, 6.45) is 3.49. The van der Waals surface area contributed by atoms with Crippen molar-refractivity contribution in [2.75, 3.05) is 6.61 Å². The molecular formula is C10H9NOS. The molecule has 2 heterocycles. The lowest BCUT2D eigenvalue weighted by Gasteiger charge is -2.02. The van der Waals surface area contributed by atoms with Crippen LogP contribution >= 0.6 is 11.3 Å². The van der Waals surface area contributed by atoms with Gasteiger partial charge in [-0.25, -0.2) is 0 Å². The Kier molecular flexibility index (Phi) is 2.27. The number of aromatic nitrogens is 1. The Morgan fingerprint density at radius 3 is 3.31 bits per heavy atom. The lowest BCUT2D eigenvalue weighted by atomic mass is 10.4. The number of thiophene rings is 1. The van der Waals surface area contributed by atoms with Gasteiger partial charge in [-0.1, -0.05) is 12.7 Å². The standard InChI is InChI=1S/C10H9NOS/c1-2-6-12-9-3-5-11-8-4-7-13-10(8)9/h2-5,7H,1,6H2. The molecule has 0 bridgehead atoms. The average molecular weight is 191 g/mol. The molecule has 2 aromatic heterocycles. The van der Waals surface area contributed by atoms with Gasteiger partial charge in [-0.3, -0.25) is 4.98 Å². The Balaban J connectivity index is 2.42. The summed E-state index contributed by atoms with van der Waals surface area (Å²) in [6, 6.07) is 3.86. The van der Waals surface area contributed by atoms with Crippen molar-refractivity contribution in [3.8, 4) is 5.75 Å². The maximum Gasteiger partial charge on any atom is 0.140 e. The van der Waals surface area contributed by atoms with Crippen LogP contribution in [0.15, 0.2) is 36.4 Å². The molecule has 2 rings (SSSR count). The number of hydrogen-bond donors (Lipinski definition) is 0. The van der Waals surface area contributed by atoms with Gasteiger partial charge in [0.05, 0.1) is 10.2 Å². The second-order valence-electron chi connectivity index (χ2n) is 2.54. The third-order valence-corrected chi connectivity index (χ3v) is 2.58. The number of pyridine rings is 1. The normalized spacial score (nSPS) is 10.2. The topological polar surface area (TPSA) is 22.1 Å². The minimum absolute atomic E-state index is 0.539. The van der Waals surface area contributed by atoms with Crippen molar-refractivity contribution < 1.29 is 4.74 Å². The summed E-state index contributed by atoms with van der Waals surface area (Å²) in [7, 11) is 0. The molecule has 0 radical (unpaired) electrons. The van der Waals surface area contributed by atoms with E-state index in [1.165, 1.54) is 0 Å². The molecule has 0 saturated heterocycles. The first-order valence-corrected chi connectivity index (χ1v) is 4.85. The van der Waals surface area contributed by atoms with Gasteiger partial charge in [0.15, 0.2) is 0 Å². The van der Waals surface area contributed by atoms with E-state index in [0.717, 1.165) is 16.0 Å². The molecule has 0 aliphatic rings. The maximum atomic E-state index is 5.48. The van der Waals surface area contributed by atoms with Gasteiger partial charge in [-0.05, 0) is 17.5 Å². The molecule has 0 aliphatic heterocycles. The van der Waals surface area contributed by atoms with Gasteiger partial charge in [-0.2, -0.15) is 0 Å². The molecule has 0 unspecified atom stereocenters. The van der Waals surface area contributed by atoms with Gasteiger partial charge in [-0.15, -0.1) is 11.3 Å². The molecule has 0 aromatic carbocycles. The van der Waals surface area contributed by atoms with Crippen molar-refractivity contribution >= 4 is 21.6 Å². The Morgan fingerprint density at radius 2 is 2.46 bits per heavy atom. The highest BCUT2D eigenvalue weighted by molar-refractivity contribution is 7.17. The third kappa shape index (κ3) is 1.55. The van der Waals surface area contributed by atoms with Crippen molar-refractivity contribution in [3.63, 3.8) is 0 Å². The zero-order valence-electron chi connectivity index (χ0n) is 7.06. The second kappa shape index (κ2) is 3.58. The summed E-state index contributed by atoms with van der Waals surface area (Å²) in [5.74, 6) is 0.889. The quantitative estimate of drug-likeness (QED) is 0.696. The van der Waals surface area contributed by atoms with Crippen molar-refractivity contribution in [2.45, 2.75) is 0 Å². The molecule has 2 aromatic rings. The predicted molar refractivity (Wildman–Crippen MR) is 55.3 cm³/mol. The molecular weight excluding hydrogens is 182 g/mol. The lowest BCUT2D eigenvalue weighted by Crippen LogP contribution is -1.92. The Morgan fingerprint density at radius 1 is 1.54 bits per heavy atom. The number of ether oxygens (including phenoxy) is 1. The minimum atomic E-state index is 0.539. The van der Waals surface area contributed by atoms with E-state index in [-0.39, 0.29) is 0 Å². The number of rotatable bonds is 3. The van der Waals surface area contributed by atoms with Gasteiger partial charge in [0.2, 0.25) is 0 Å². The van der Waals surface area contributed by atoms with E-state index >= 15 is 0 Å². The van der Waals surface area contributed by atoms with Crippen molar-refractivity contribution in [3.05, 3.63) is 36.4 Å². The van der Waals surface area contributed by atoms with E-state index < -0.39 is 0 Å². The molecule has 66 valence electrons. The maximum absolute atomic E-state index is 5.48. The monoisotopic (exact) mass is 191 g/mol. The molecule has 0 atom stereocenters. The third-order valence-electron chi connectivity index (χ3n) is 1.66. The van der Waals surface area contributed by atoms with Crippen LogP contribution in [0.5, 0.6) is 5.75 Å². The zero-order chi connectivity index (χ0) is 9.10. The first-order valence-electron chi connectivity index (χ1n) is 3.97. The Hall–Kier alpha value is -1.35. The number of fused-ring (bicyclic) bond motifs is 1. The molecule has 0 spiro atoms. The van der Waals surface area contributed by atoms with Crippen LogP contribution in [0.4, 0.5) is 0 Å². The van der Waals surface area contributed by atoms with Gasteiger partial charge < -0.3 is 4.74 Å². The molecule has 0 fully saturated rings. The van der Waals surface area contributed by atoms with Gasteiger partial charge in [0.1, 0.15) is 12.4 Å². The highest BCUT2D eigenvalue weighted by atomic mass is 32.1. The van der Waals surface area contributed by atoms with Crippen LogP contribution in [0.3, 0.4) is 0 Å². The molecule has 3 heteroatoms. The van der Waals surface area contributed by atoms with E-state index in [9.17, 15) is 0 Å². The lowest BCUT2D eigenvalue weighted by molar-refractivity contribution is 0.368. The van der Waals surface area contributed by atoms with Crippen molar-refractivity contribution in [1.29, 1.82) is 0 Å². The summed E-state index contributed by atoms with van der Waals surface area (Å²) in [5, 5.41) is 2.01. The summed E-state index contributed by atoms with van der Waals surface area (Å²) < 4.78 is 6.58. The van der Waals surface area contributed by atoms with E-state index in [0.29, 0.717) is 6.61 Å². The number of hydrogen-bond acceptors (Lipinski definition) is 3. The van der Waals surface area contributed by atoms with Gasteiger partial charge in [0.25, 0.3) is 0 Å². The van der Waals surface area contributed by atoms with E-state index in [2.05, 4.69) is 11.6 Å². The largest absolute Gasteiger partial charge is 0.488 e.